The number of hydrogen-bond donors (Lipinski definition) is 1. The van der Waals surface area contributed by atoms with Gasteiger partial charge in [-0.25, -0.2) is 0 Å². The lowest BCUT2D eigenvalue weighted by Crippen LogP contribution is -2.43. The summed E-state index contributed by atoms with van der Waals surface area (Å²) in [4.78, 5) is 14.9. The van der Waals surface area contributed by atoms with E-state index in [0.717, 1.165) is 42.0 Å². The zero-order chi connectivity index (χ0) is 18.4. The van der Waals surface area contributed by atoms with E-state index in [1.165, 1.54) is 12.8 Å². The average molecular weight is 352 g/mol. The topological polar surface area (TPSA) is 41.6 Å². The average Bonchev–Trinajstić information content (AvgIpc) is 2.68. The van der Waals surface area contributed by atoms with Gasteiger partial charge in [0.2, 0.25) is 0 Å². The molecule has 0 fully saturated rings. The summed E-state index contributed by atoms with van der Waals surface area (Å²) in [6.07, 6.45) is 4.18. The van der Waals surface area contributed by atoms with Gasteiger partial charge in [0.15, 0.2) is 0 Å². The van der Waals surface area contributed by atoms with Gasteiger partial charge in [0.25, 0.3) is 5.91 Å². The molecule has 0 saturated carbocycles. The molecule has 0 aromatic heterocycles. The Labute approximate surface area is 156 Å². The first-order chi connectivity index (χ1) is 12.7. The molecule has 1 N–H and O–H groups in total. The van der Waals surface area contributed by atoms with E-state index in [0.29, 0.717) is 6.54 Å². The molecular formula is C22H28N2O2. The van der Waals surface area contributed by atoms with Crippen molar-refractivity contribution in [3.05, 3.63) is 59.7 Å². The van der Waals surface area contributed by atoms with Crippen LogP contribution in [0.4, 0.5) is 5.69 Å². The van der Waals surface area contributed by atoms with Crippen LogP contribution < -0.4 is 10.1 Å². The molecule has 1 atom stereocenters. The van der Waals surface area contributed by atoms with Crippen LogP contribution in [0.3, 0.4) is 0 Å². The highest BCUT2D eigenvalue weighted by molar-refractivity contribution is 6.01. The second-order valence-electron chi connectivity index (χ2n) is 6.72. The summed E-state index contributed by atoms with van der Waals surface area (Å²) < 4.78 is 5.90. The van der Waals surface area contributed by atoms with Crippen LogP contribution in [0.1, 0.15) is 61.6 Å². The Morgan fingerprint density at radius 2 is 1.88 bits per heavy atom. The van der Waals surface area contributed by atoms with Crippen LogP contribution in [0.15, 0.2) is 48.5 Å². The maximum atomic E-state index is 13.0. The smallest absolute Gasteiger partial charge is 0.257 e. The molecule has 0 bridgehead atoms. The molecular weight excluding hydrogens is 324 g/mol. The van der Waals surface area contributed by atoms with Gasteiger partial charge in [-0.05, 0) is 42.7 Å². The first kappa shape index (κ1) is 18.3. The molecule has 3 rings (SSSR count). The summed E-state index contributed by atoms with van der Waals surface area (Å²) in [5.74, 6) is 0.948. The molecule has 138 valence electrons. The Hall–Kier alpha value is -2.49. The second kappa shape index (κ2) is 8.75. The predicted octanol–water partition coefficient (Wildman–Crippen LogP) is 5.23. The third kappa shape index (κ3) is 4.01. The van der Waals surface area contributed by atoms with E-state index in [-0.39, 0.29) is 12.1 Å². The summed E-state index contributed by atoms with van der Waals surface area (Å²) in [6, 6.07) is 15.8. The Balaban J connectivity index is 1.83. The maximum Gasteiger partial charge on any atom is 0.257 e. The van der Waals surface area contributed by atoms with Crippen molar-refractivity contribution >= 4 is 11.6 Å². The third-order valence-electron chi connectivity index (χ3n) is 4.68. The van der Waals surface area contributed by atoms with Crippen LogP contribution in [0, 0.1) is 0 Å². The van der Waals surface area contributed by atoms with Crippen LogP contribution in [0.25, 0.3) is 0 Å². The van der Waals surface area contributed by atoms with E-state index in [2.05, 4.69) is 25.2 Å². The van der Waals surface area contributed by atoms with E-state index in [1.807, 2.05) is 47.4 Å². The van der Waals surface area contributed by atoms with Crippen molar-refractivity contribution in [3.63, 3.8) is 0 Å². The van der Waals surface area contributed by atoms with E-state index in [1.54, 1.807) is 0 Å². The number of para-hydroxylation sites is 1. The molecule has 0 spiro atoms. The van der Waals surface area contributed by atoms with Gasteiger partial charge in [0.1, 0.15) is 11.9 Å². The first-order valence-electron chi connectivity index (χ1n) is 9.64. The molecule has 2 aromatic rings. The number of amides is 1. The van der Waals surface area contributed by atoms with E-state index >= 15 is 0 Å². The van der Waals surface area contributed by atoms with Crippen molar-refractivity contribution in [2.75, 3.05) is 18.5 Å². The lowest BCUT2D eigenvalue weighted by Gasteiger charge is -2.38. The number of nitrogens with one attached hydrogen (secondary N) is 1. The van der Waals surface area contributed by atoms with Crippen molar-refractivity contribution < 1.29 is 9.53 Å². The number of carbonyl (C=O) groups is 1. The zero-order valence-corrected chi connectivity index (χ0v) is 15.7. The first-order valence-corrected chi connectivity index (χ1v) is 9.64. The molecule has 1 aliphatic heterocycles. The number of unbranched alkanes of at least 4 members (excludes halogenated alkanes) is 2. The second-order valence-corrected chi connectivity index (χ2v) is 6.72. The van der Waals surface area contributed by atoms with Crippen molar-refractivity contribution in [2.24, 2.45) is 0 Å². The van der Waals surface area contributed by atoms with E-state index in [9.17, 15) is 4.79 Å². The quantitative estimate of drug-likeness (QED) is 0.661. The van der Waals surface area contributed by atoms with Crippen LogP contribution in [0.5, 0.6) is 5.75 Å². The highest BCUT2D eigenvalue weighted by atomic mass is 16.5. The van der Waals surface area contributed by atoms with Gasteiger partial charge in [0.05, 0.1) is 12.2 Å². The third-order valence-corrected chi connectivity index (χ3v) is 4.68. The Bertz CT molecular complexity index is 744. The summed E-state index contributed by atoms with van der Waals surface area (Å²) in [5, 5.41) is 3.53. The van der Waals surface area contributed by atoms with Gasteiger partial charge in [-0.2, -0.15) is 0 Å². The molecule has 0 aliphatic carbocycles. The molecule has 1 aliphatic rings. The van der Waals surface area contributed by atoms with Crippen LogP contribution in [0.2, 0.25) is 0 Å². The highest BCUT2D eigenvalue weighted by Crippen LogP contribution is 2.34. The lowest BCUT2D eigenvalue weighted by molar-refractivity contribution is 0.0683. The number of ether oxygens (including phenoxy) is 1. The standard InChI is InChI=1S/C22H28N2O2/c1-3-5-8-15-26-18-11-9-10-17(16-18)21-23-20-13-7-6-12-19(20)22(25)24(21)14-4-2/h6-7,9-13,16,21,23H,3-5,8,14-15H2,1-2H3. The number of hydrogen-bond acceptors (Lipinski definition) is 3. The number of rotatable bonds is 8. The Morgan fingerprint density at radius 1 is 1.04 bits per heavy atom. The predicted molar refractivity (Wildman–Crippen MR) is 106 cm³/mol. The van der Waals surface area contributed by atoms with Gasteiger partial charge in [0, 0.05) is 12.2 Å². The van der Waals surface area contributed by atoms with Crippen molar-refractivity contribution in [1.82, 2.24) is 4.90 Å². The fourth-order valence-corrected chi connectivity index (χ4v) is 3.34. The van der Waals surface area contributed by atoms with Crippen LogP contribution in [-0.4, -0.2) is 24.0 Å². The van der Waals surface area contributed by atoms with Crippen LogP contribution in [-0.2, 0) is 0 Å². The SMILES string of the molecule is CCCCCOc1cccc(C2Nc3ccccc3C(=O)N2CCC)c1. The van der Waals surface area contributed by atoms with Gasteiger partial charge in [-0.15, -0.1) is 0 Å². The molecule has 1 amide bonds. The van der Waals surface area contributed by atoms with Gasteiger partial charge < -0.3 is 15.0 Å². The molecule has 1 unspecified atom stereocenters. The van der Waals surface area contributed by atoms with Crippen molar-refractivity contribution in [3.8, 4) is 5.75 Å². The number of fused-ring (bicyclic) bond motifs is 1. The largest absolute Gasteiger partial charge is 0.494 e. The zero-order valence-electron chi connectivity index (χ0n) is 15.7. The molecule has 4 nitrogen and oxygen atoms in total. The lowest BCUT2D eigenvalue weighted by atomic mass is 10.0. The normalized spacial score (nSPS) is 16.2. The molecule has 0 saturated heterocycles. The number of benzene rings is 2. The van der Waals surface area contributed by atoms with Gasteiger partial charge in [-0.1, -0.05) is 51.0 Å². The van der Waals surface area contributed by atoms with Crippen LogP contribution >= 0.6 is 0 Å². The summed E-state index contributed by atoms with van der Waals surface area (Å²) >= 11 is 0. The minimum absolute atomic E-state index is 0.0838. The number of carbonyl (C=O) groups excluding carboxylic acids is 1. The molecule has 4 heteroatoms. The van der Waals surface area contributed by atoms with E-state index in [4.69, 9.17) is 4.74 Å². The van der Waals surface area contributed by atoms with E-state index < -0.39 is 0 Å². The minimum Gasteiger partial charge on any atom is -0.494 e. The maximum absolute atomic E-state index is 13.0. The molecule has 26 heavy (non-hydrogen) atoms. The minimum atomic E-state index is -0.170. The fraction of sp³-hybridized carbons (Fsp3) is 0.409. The summed E-state index contributed by atoms with van der Waals surface area (Å²) in [7, 11) is 0. The summed E-state index contributed by atoms with van der Waals surface area (Å²) in [6.45, 7) is 5.73. The number of nitrogens with zero attached hydrogens (tertiary/aromatic N) is 1. The van der Waals surface area contributed by atoms with Crippen molar-refractivity contribution in [1.29, 1.82) is 0 Å². The summed E-state index contributed by atoms with van der Waals surface area (Å²) in [5.41, 5.74) is 2.68. The van der Waals surface area contributed by atoms with Gasteiger partial charge >= 0.3 is 0 Å². The highest BCUT2D eigenvalue weighted by Gasteiger charge is 2.32. The number of anilines is 1. The van der Waals surface area contributed by atoms with Crippen molar-refractivity contribution in [2.45, 2.75) is 45.7 Å². The monoisotopic (exact) mass is 352 g/mol. The Morgan fingerprint density at radius 3 is 2.69 bits per heavy atom. The molecule has 2 aromatic carbocycles. The fourth-order valence-electron chi connectivity index (χ4n) is 3.34. The Kier molecular flexibility index (Phi) is 6.16. The van der Waals surface area contributed by atoms with Gasteiger partial charge in [-0.3, -0.25) is 4.79 Å². The molecule has 1 heterocycles. The molecule has 0 radical (unpaired) electrons.